The van der Waals surface area contributed by atoms with Crippen molar-refractivity contribution in [2.45, 2.75) is 41.2 Å². The summed E-state index contributed by atoms with van der Waals surface area (Å²) in [6.07, 6.45) is 0. The zero-order valence-corrected chi connectivity index (χ0v) is 21.0. The first kappa shape index (κ1) is 22.9. The number of aromatic nitrogens is 2. The maximum Gasteiger partial charge on any atom is 0.337 e. The number of carbonyl (C=O) groups is 1. The fourth-order valence-electron chi connectivity index (χ4n) is 4.55. The van der Waals surface area contributed by atoms with Crippen molar-refractivity contribution in [3.63, 3.8) is 0 Å². The van der Waals surface area contributed by atoms with Gasteiger partial charge in [-0.2, -0.15) is 0 Å². The predicted octanol–water partition coefficient (Wildman–Crippen LogP) is 4.12. The average Bonchev–Trinajstić information content (AvgIpc) is 3.38. The van der Waals surface area contributed by atoms with Crippen LogP contribution in [0.3, 0.4) is 0 Å². The molecule has 5 rings (SSSR count). The Balaban J connectivity index is 1.64. The normalized spacial score (nSPS) is 12.4. The summed E-state index contributed by atoms with van der Waals surface area (Å²) in [7, 11) is 0. The van der Waals surface area contributed by atoms with Gasteiger partial charge in [0.2, 0.25) is 12.7 Å². The Morgan fingerprint density at radius 1 is 1.00 bits per heavy atom. The molecule has 0 saturated heterocycles. The maximum atomic E-state index is 13.7. The summed E-state index contributed by atoms with van der Waals surface area (Å²) >= 11 is 1.34. The minimum atomic E-state index is -0.588. The molecular weight excluding hydrogens is 466 g/mol. The van der Waals surface area contributed by atoms with E-state index in [9.17, 15) is 14.4 Å². The molecule has 35 heavy (non-hydrogen) atoms. The smallest absolute Gasteiger partial charge is 0.337 e. The highest BCUT2D eigenvalue weighted by Crippen LogP contribution is 2.33. The van der Waals surface area contributed by atoms with Crippen LogP contribution < -0.4 is 26.0 Å². The number of anilines is 1. The van der Waals surface area contributed by atoms with E-state index < -0.39 is 11.2 Å². The molecule has 3 heterocycles. The van der Waals surface area contributed by atoms with E-state index in [4.69, 9.17) is 9.47 Å². The Morgan fingerprint density at radius 2 is 1.69 bits per heavy atom. The lowest BCUT2D eigenvalue weighted by Crippen LogP contribution is -2.40. The molecule has 1 aliphatic rings. The number of nitrogens with one attached hydrogen (secondary N) is 1. The summed E-state index contributed by atoms with van der Waals surface area (Å²) < 4.78 is 13.3. The molecule has 0 spiro atoms. The second-order valence-corrected chi connectivity index (χ2v) is 10.0. The second kappa shape index (κ2) is 8.42. The Hall–Kier alpha value is -3.85. The molecule has 9 heteroatoms. The van der Waals surface area contributed by atoms with Gasteiger partial charge >= 0.3 is 5.69 Å². The molecule has 1 amide bonds. The highest BCUT2D eigenvalue weighted by atomic mass is 32.1. The fraction of sp³-hybridized carbons (Fsp3) is 0.269. The van der Waals surface area contributed by atoms with Crippen LogP contribution in [0.1, 0.15) is 27.1 Å². The molecule has 2 aromatic heterocycles. The van der Waals surface area contributed by atoms with Crippen molar-refractivity contribution >= 4 is 33.1 Å². The van der Waals surface area contributed by atoms with Crippen LogP contribution in [0.15, 0.2) is 39.9 Å². The van der Waals surface area contributed by atoms with E-state index in [0.29, 0.717) is 27.4 Å². The largest absolute Gasteiger partial charge is 0.454 e. The molecule has 0 aliphatic carbocycles. The van der Waals surface area contributed by atoms with Crippen LogP contribution in [0.5, 0.6) is 11.5 Å². The van der Waals surface area contributed by atoms with Gasteiger partial charge in [0.25, 0.3) is 5.56 Å². The molecule has 0 bridgehead atoms. The van der Waals surface area contributed by atoms with Crippen molar-refractivity contribution < 1.29 is 14.3 Å². The van der Waals surface area contributed by atoms with E-state index in [-0.39, 0.29) is 19.2 Å². The first-order valence-electron chi connectivity index (χ1n) is 11.2. The van der Waals surface area contributed by atoms with E-state index >= 15 is 0 Å². The summed E-state index contributed by atoms with van der Waals surface area (Å²) in [4.78, 5) is 41.7. The van der Waals surface area contributed by atoms with Crippen molar-refractivity contribution in [2.24, 2.45) is 0 Å². The van der Waals surface area contributed by atoms with Gasteiger partial charge in [-0.15, -0.1) is 11.3 Å². The molecule has 0 fully saturated rings. The van der Waals surface area contributed by atoms with Crippen LogP contribution in [0.2, 0.25) is 0 Å². The van der Waals surface area contributed by atoms with Crippen LogP contribution in [-0.4, -0.2) is 21.8 Å². The minimum absolute atomic E-state index is 0.0812. The summed E-state index contributed by atoms with van der Waals surface area (Å²) in [5.74, 6) is 0.666. The maximum absolute atomic E-state index is 13.7. The number of benzene rings is 2. The number of carbonyl (C=O) groups excluding carboxylic acids is 1. The van der Waals surface area contributed by atoms with Crippen LogP contribution in [-0.2, 0) is 11.3 Å². The summed E-state index contributed by atoms with van der Waals surface area (Å²) in [6, 6.07) is 8.91. The molecule has 0 radical (unpaired) electrons. The van der Waals surface area contributed by atoms with E-state index in [1.165, 1.54) is 15.9 Å². The van der Waals surface area contributed by atoms with Gasteiger partial charge in [-0.05, 0) is 63.4 Å². The number of ether oxygens (including phenoxy) is 2. The number of aryl methyl sites for hydroxylation is 5. The number of fused-ring (bicyclic) bond motifs is 2. The highest BCUT2D eigenvalue weighted by molar-refractivity contribution is 7.18. The topological polar surface area (TPSA) is 91.6 Å². The monoisotopic (exact) mass is 491 g/mol. The van der Waals surface area contributed by atoms with Gasteiger partial charge in [0, 0.05) is 16.6 Å². The molecule has 2 aromatic carbocycles. The van der Waals surface area contributed by atoms with E-state index in [2.05, 4.69) is 5.32 Å². The third-order valence-electron chi connectivity index (χ3n) is 6.31. The molecule has 4 aromatic rings. The van der Waals surface area contributed by atoms with Gasteiger partial charge < -0.3 is 14.8 Å². The number of thiophene rings is 1. The lowest BCUT2D eigenvalue weighted by atomic mass is 10.1. The van der Waals surface area contributed by atoms with Crippen LogP contribution >= 0.6 is 11.3 Å². The zero-order chi connectivity index (χ0) is 25.0. The standard InChI is InChI=1S/C26H25N3O5S/c1-13-8-14(2)23(15(3)9-13)27-21(30)11-28-25-22(16(4)17(5)35-25)24(31)29(26(28)32)18-6-7-19-20(10-18)34-12-33-19/h6-10H,11-12H2,1-5H3,(H,27,30). The van der Waals surface area contributed by atoms with Crippen LogP contribution in [0.4, 0.5) is 5.69 Å². The molecule has 0 unspecified atom stereocenters. The highest BCUT2D eigenvalue weighted by Gasteiger charge is 2.23. The van der Waals surface area contributed by atoms with Gasteiger partial charge in [0.05, 0.1) is 11.1 Å². The molecule has 8 nitrogen and oxygen atoms in total. The van der Waals surface area contributed by atoms with E-state index in [1.54, 1.807) is 18.2 Å². The second-order valence-electron chi connectivity index (χ2n) is 8.83. The summed E-state index contributed by atoms with van der Waals surface area (Å²) in [5, 5.41) is 3.39. The lowest BCUT2D eigenvalue weighted by Gasteiger charge is -2.15. The number of hydrogen-bond acceptors (Lipinski definition) is 6. The van der Waals surface area contributed by atoms with E-state index in [0.717, 1.165) is 37.4 Å². The number of amides is 1. The quantitative estimate of drug-likeness (QED) is 0.464. The zero-order valence-electron chi connectivity index (χ0n) is 20.1. The Morgan fingerprint density at radius 3 is 2.40 bits per heavy atom. The minimum Gasteiger partial charge on any atom is -0.454 e. The van der Waals surface area contributed by atoms with Crippen LogP contribution in [0, 0.1) is 34.6 Å². The van der Waals surface area contributed by atoms with Crippen molar-refractivity contribution in [1.82, 2.24) is 9.13 Å². The molecule has 0 atom stereocenters. The Kier molecular flexibility index (Phi) is 5.52. The predicted molar refractivity (Wildman–Crippen MR) is 137 cm³/mol. The first-order valence-corrected chi connectivity index (χ1v) is 12.0. The summed E-state index contributed by atoms with van der Waals surface area (Å²) in [6.45, 7) is 9.48. The summed E-state index contributed by atoms with van der Waals surface area (Å²) in [5.41, 5.74) is 3.87. The van der Waals surface area contributed by atoms with E-state index in [1.807, 2.05) is 46.8 Å². The van der Waals surface area contributed by atoms with Crippen LogP contribution in [0.25, 0.3) is 15.9 Å². The first-order chi connectivity index (χ1) is 16.7. The Labute approximate surface area is 205 Å². The van der Waals surface area contributed by atoms with Gasteiger partial charge in [-0.3, -0.25) is 14.2 Å². The Bertz CT molecular complexity index is 1620. The van der Waals surface area contributed by atoms with Gasteiger partial charge in [-0.1, -0.05) is 17.7 Å². The lowest BCUT2D eigenvalue weighted by molar-refractivity contribution is -0.116. The van der Waals surface area contributed by atoms with Crippen molar-refractivity contribution in [1.29, 1.82) is 0 Å². The molecule has 1 aliphatic heterocycles. The SMILES string of the molecule is Cc1cc(C)c(NC(=O)Cn2c(=O)n(-c3ccc4c(c3)OCO4)c(=O)c3c(C)c(C)sc32)c(C)c1. The molecular formula is C26H25N3O5S. The molecule has 180 valence electrons. The third-order valence-corrected chi connectivity index (χ3v) is 7.54. The fourth-order valence-corrected chi connectivity index (χ4v) is 5.69. The van der Waals surface area contributed by atoms with Crippen molar-refractivity contribution in [3.05, 3.63) is 78.3 Å². The van der Waals surface area contributed by atoms with Crippen molar-refractivity contribution in [2.75, 3.05) is 12.1 Å². The number of rotatable bonds is 4. The molecule has 0 saturated carbocycles. The molecule has 1 N–H and O–H groups in total. The number of nitrogens with zero attached hydrogens (tertiary/aromatic N) is 2. The van der Waals surface area contributed by atoms with Gasteiger partial charge in [0.15, 0.2) is 11.5 Å². The van der Waals surface area contributed by atoms with Gasteiger partial charge in [-0.25, -0.2) is 9.36 Å². The third kappa shape index (κ3) is 3.81. The number of hydrogen-bond donors (Lipinski definition) is 1. The van der Waals surface area contributed by atoms with Gasteiger partial charge in [0.1, 0.15) is 11.4 Å². The van der Waals surface area contributed by atoms with Crippen molar-refractivity contribution in [3.8, 4) is 17.2 Å². The average molecular weight is 492 g/mol.